The fourth-order valence-electron chi connectivity index (χ4n) is 0.785. The van der Waals surface area contributed by atoms with Gasteiger partial charge in [0.25, 0.3) is 0 Å². The fourth-order valence-corrected chi connectivity index (χ4v) is 0.785. The predicted octanol–water partition coefficient (Wildman–Crippen LogP) is 2.61. The monoisotopic (exact) mass is 154 g/mol. The molecule has 0 aromatic rings. The van der Waals surface area contributed by atoms with Crippen LogP contribution in [0.1, 0.15) is 12.8 Å². The van der Waals surface area contributed by atoms with E-state index in [9.17, 15) is 17.6 Å². The van der Waals surface area contributed by atoms with Gasteiger partial charge < -0.3 is 0 Å². The molecule has 0 bridgehead atoms. The molecule has 0 aromatic heterocycles. The number of halogens is 4. The molecule has 0 fully saturated rings. The van der Waals surface area contributed by atoms with Crippen LogP contribution in [0.25, 0.3) is 0 Å². The zero-order valence-electron chi connectivity index (χ0n) is 5.08. The van der Waals surface area contributed by atoms with Crippen molar-refractivity contribution >= 4 is 0 Å². The van der Waals surface area contributed by atoms with Crippen molar-refractivity contribution in [3.63, 3.8) is 0 Å². The number of hydrogen-bond acceptors (Lipinski definition) is 0. The highest BCUT2D eigenvalue weighted by Gasteiger charge is 2.54. The van der Waals surface area contributed by atoms with E-state index in [2.05, 4.69) is 0 Å². The zero-order valence-corrected chi connectivity index (χ0v) is 5.08. The van der Waals surface area contributed by atoms with Gasteiger partial charge in [0.15, 0.2) is 0 Å². The van der Waals surface area contributed by atoms with Crippen LogP contribution in [-0.4, -0.2) is 11.8 Å². The molecule has 0 N–H and O–H groups in total. The summed E-state index contributed by atoms with van der Waals surface area (Å²) >= 11 is 0. The molecule has 1 rings (SSSR count). The Balaban J connectivity index is 2.87. The lowest BCUT2D eigenvalue weighted by Gasteiger charge is -2.26. The lowest BCUT2D eigenvalue weighted by atomic mass is 10.00. The third-order valence-corrected chi connectivity index (χ3v) is 1.44. The van der Waals surface area contributed by atoms with Crippen LogP contribution in [0.4, 0.5) is 17.6 Å². The van der Waals surface area contributed by atoms with E-state index in [1.807, 2.05) is 0 Å². The second-order valence-electron chi connectivity index (χ2n) is 2.27. The van der Waals surface area contributed by atoms with E-state index in [4.69, 9.17) is 0 Å². The van der Waals surface area contributed by atoms with Crippen molar-refractivity contribution in [2.24, 2.45) is 0 Å². The molecule has 0 atom stereocenters. The van der Waals surface area contributed by atoms with Crippen molar-refractivity contribution in [2.45, 2.75) is 24.7 Å². The molecule has 0 amide bonds. The summed E-state index contributed by atoms with van der Waals surface area (Å²) in [4.78, 5) is 0. The Morgan fingerprint density at radius 3 is 2.00 bits per heavy atom. The molecule has 1 aliphatic carbocycles. The smallest absolute Gasteiger partial charge is 0.200 e. The minimum Gasteiger partial charge on any atom is -0.200 e. The molecule has 0 aromatic carbocycles. The van der Waals surface area contributed by atoms with Crippen molar-refractivity contribution in [3.8, 4) is 0 Å². The van der Waals surface area contributed by atoms with Crippen LogP contribution < -0.4 is 0 Å². The molecule has 0 unspecified atom stereocenters. The van der Waals surface area contributed by atoms with Crippen molar-refractivity contribution in [1.29, 1.82) is 0 Å². The topological polar surface area (TPSA) is 0 Å². The van der Waals surface area contributed by atoms with Gasteiger partial charge in [0.1, 0.15) is 0 Å². The van der Waals surface area contributed by atoms with Gasteiger partial charge in [-0.1, -0.05) is 6.08 Å². The molecule has 4 heteroatoms. The highest BCUT2D eigenvalue weighted by molar-refractivity contribution is 5.07. The van der Waals surface area contributed by atoms with Gasteiger partial charge in [-0.05, 0) is 12.5 Å². The van der Waals surface area contributed by atoms with Gasteiger partial charge in [-0.2, -0.15) is 17.6 Å². The first-order valence-electron chi connectivity index (χ1n) is 2.89. The van der Waals surface area contributed by atoms with Crippen molar-refractivity contribution in [2.75, 3.05) is 0 Å². The van der Waals surface area contributed by atoms with E-state index >= 15 is 0 Å². The Morgan fingerprint density at radius 1 is 1.10 bits per heavy atom. The lowest BCUT2D eigenvalue weighted by molar-refractivity contribution is -0.186. The first-order valence-corrected chi connectivity index (χ1v) is 2.89. The average molecular weight is 154 g/mol. The molecule has 58 valence electrons. The summed E-state index contributed by atoms with van der Waals surface area (Å²) in [7, 11) is 0. The zero-order chi connectivity index (χ0) is 7.83. The molecule has 10 heavy (non-hydrogen) atoms. The number of rotatable bonds is 0. The quantitative estimate of drug-likeness (QED) is 0.371. The lowest BCUT2D eigenvalue weighted by Crippen LogP contribution is -2.40. The van der Waals surface area contributed by atoms with Crippen LogP contribution in [0.2, 0.25) is 0 Å². The van der Waals surface area contributed by atoms with Crippen LogP contribution in [0.5, 0.6) is 0 Å². The molecular weight excluding hydrogens is 148 g/mol. The van der Waals surface area contributed by atoms with E-state index in [1.165, 1.54) is 0 Å². The van der Waals surface area contributed by atoms with E-state index < -0.39 is 18.3 Å². The normalized spacial score (nSPS) is 28.4. The van der Waals surface area contributed by atoms with E-state index in [-0.39, 0.29) is 12.5 Å². The second-order valence-corrected chi connectivity index (χ2v) is 2.27. The van der Waals surface area contributed by atoms with Crippen molar-refractivity contribution in [3.05, 3.63) is 12.2 Å². The Kier molecular flexibility index (Phi) is 1.49. The van der Waals surface area contributed by atoms with E-state index in [0.29, 0.717) is 0 Å². The van der Waals surface area contributed by atoms with Gasteiger partial charge in [-0.15, -0.1) is 0 Å². The van der Waals surface area contributed by atoms with Crippen LogP contribution in [0.15, 0.2) is 12.2 Å². The van der Waals surface area contributed by atoms with Gasteiger partial charge in [0.05, 0.1) is 0 Å². The highest BCUT2D eigenvalue weighted by atomic mass is 19.3. The van der Waals surface area contributed by atoms with Gasteiger partial charge in [0.2, 0.25) is 0 Å². The van der Waals surface area contributed by atoms with Gasteiger partial charge in [-0.3, -0.25) is 0 Å². The predicted molar refractivity (Wildman–Crippen MR) is 28.3 cm³/mol. The summed E-state index contributed by atoms with van der Waals surface area (Å²) in [6, 6.07) is 0. The standard InChI is InChI=1S/C6H6F4/c7-5(8)3-1-2-4-6(5,9)10/h1,3H,2,4H2. The number of hydrogen-bond donors (Lipinski definition) is 0. The van der Waals surface area contributed by atoms with Gasteiger partial charge in [-0.25, -0.2) is 0 Å². The first kappa shape index (κ1) is 7.57. The van der Waals surface area contributed by atoms with E-state index in [0.717, 1.165) is 6.08 Å². The molecule has 0 nitrogen and oxygen atoms in total. The third-order valence-electron chi connectivity index (χ3n) is 1.44. The second kappa shape index (κ2) is 1.97. The number of alkyl halides is 4. The van der Waals surface area contributed by atoms with Crippen LogP contribution >= 0.6 is 0 Å². The maximum absolute atomic E-state index is 12.2. The number of allylic oxidation sites excluding steroid dienone is 2. The molecule has 1 aliphatic rings. The Bertz CT molecular complexity index is 159. The molecule has 0 radical (unpaired) electrons. The Hall–Kier alpha value is -0.540. The van der Waals surface area contributed by atoms with Crippen LogP contribution in [-0.2, 0) is 0 Å². The summed E-state index contributed by atoms with van der Waals surface area (Å²) in [6.45, 7) is 0. The van der Waals surface area contributed by atoms with E-state index in [1.54, 1.807) is 0 Å². The molecule has 0 aliphatic heterocycles. The summed E-state index contributed by atoms with van der Waals surface area (Å²) in [5.41, 5.74) is 0. The maximum Gasteiger partial charge on any atom is 0.328 e. The fraction of sp³-hybridized carbons (Fsp3) is 0.667. The SMILES string of the molecule is FC1(F)C=CCCC1(F)F. The largest absolute Gasteiger partial charge is 0.328 e. The summed E-state index contributed by atoms with van der Waals surface area (Å²) in [5, 5.41) is 0. The molecule has 0 saturated carbocycles. The average Bonchev–Trinajstić information content (AvgIpc) is 1.77. The third kappa shape index (κ3) is 1.02. The molecule has 0 spiro atoms. The maximum atomic E-state index is 12.2. The van der Waals surface area contributed by atoms with Crippen LogP contribution in [0.3, 0.4) is 0 Å². The Morgan fingerprint density at radius 2 is 1.70 bits per heavy atom. The van der Waals surface area contributed by atoms with Gasteiger partial charge >= 0.3 is 11.8 Å². The van der Waals surface area contributed by atoms with Crippen LogP contribution in [0, 0.1) is 0 Å². The minimum absolute atomic E-state index is 0.0303. The molecule has 0 heterocycles. The summed E-state index contributed by atoms with van der Waals surface area (Å²) in [5.74, 6) is -7.78. The van der Waals surface area contributed by atoms with Gasteiger partial charge in [0, 0.05) is 6.42 Å². The first-order chi connectivity index (χ1) is 4.46. The highest BCUT2D eigenvalue weighted by Crippen LogP contribution is 2.41. The Labute approximate surface area is 55.5 Å². The molecular formula is C6H6F4. The molecule has 0 saturated heterocycles. The summed E-state index contributed by atoms with van der Waals surface area (Å²) < 4.78 is 48.7. The van der Waals surface area contributed by atoms with Crippen molar-refractivity contribution < 1.29 is 17.6 Å². The van der Waals surface area contributed by atoms with Crippen molar-refractivity contribution in [1.82, 2.24) is 0 Å². The minimum atomic E-state index is -3.94. The summed E-state index contributed by atoms with van der Waals surface area (Å²) in [6.07, 6.45) is 0.632.